The average molecular weight is 683 g/mol. The van der Waals surface area contributed by atoms with Gasteiger partial charge in [-0.05, 0) is 58.7 Å². The third-order valence-electron chi connectivity index (χ3n) is 7.75. The fourth-order valence-electron chi connectivity index (χ4n) is 5.84. The predicted octanol–water partition coefficient (Wildman–Crippen LogP) is 7.84. The predicted molar refractivity (Wildman–Crippen MR) is 162 cm³/mol. The Hall–Kier alpha value is -8.08. The van der Waals surface area contributed by atoms with Crippen molar-refractivity contribution in [3.8, 4) is 54.3 Å². The van der Waals surface area contributed by atoms with Crippen LogP contribution in [0.3, 0.4) is 0 Å². The van der Waals surface area contributed by atoms with Gasteiger partial charge in [0, 0.05) is 33.4 Å². The van der Waals surface area contributed by atoms with E-state index in [4.69, 9.17) is 0 Å². The lowest BCUT2D eigenvalue weighted by Gasteiger charge is -2.13. The van der Waals surface area contributed by atoms with E-state index in [2.05, 4.69) is 4.74 Å². The summed E-state index contributed by atoms with van der Waals surface area (Å²) in [4.78, 5) is 0. The summed E-state index contributed by atoms with van der Waals surface area (Å²) in [7, 11) is 0. The lowest BCUT2D eigenvalue weighted by atomic mass is 9.89. The minimum Gasteiger partial charge on any atom is -0.404 e. The molecule has 0 N–H and O–H groups in total. The Labute approximate surface area is 283 Å². The molecule has 5 rings (SSSR count). The first-order valence-corrected chi connectivity index (χ1v) is 13.7. The van der Waals surface area contributed by atoms with Crippen LogP contribution < -0.4 is 4.74 Å². The molecule has 0 aliphatic heterocycles. The van der Waals surface area contributed by atoms with E-state index >= 15 is 0 Å². The van der Waals surface area contributed by atoms with Crippen molar-refractivity contribution in [1.82, 2.24) is 0 Å². The fraction of sp³-hybridized carbons (Fsp3) is 0.0556. The van der Waals surface area contributed by atoms with Crippen molar-refractivity contribution in [3.63, 3.8) is 0 Å². The summed E-state index contributed by atoms with van der Waals surface area (Å²) in [6.45, 7) is 0. The number of alkyl halides is 6. The van der Waals surface area contributed by atoms with Gasteiger partial charge in [-0.1, -0.05) is 12.1 Å². The normalized spacial score (nSPS) is 12.9. The molecule has 0 spiro atoms. The molecule has 240 valence electrons. The molecular weight excluding hydrogens is 674 g/mol. The summed E-state index contributed by atoms with van der Waals surface area (Å²) in [5.41, 5.74) is -5.52. The second-order valence-electron chi connectivity index (χ2n) is 10.4. The lowest BCUT2D eigenvalue weighted by molar-refractivity contribution is -0.274. The summed E-state index contributed by atoms with van der Waals surface area (Å²) < 4.78 is 83.6. The molecule has 0 saturated heterocycles. The van der Waals surface area contributed by atoms with E-state index in [1.165, 1.54) is 18.2 Å². The minimum atomic E-state index is -5.16. The SMILES string of the molecule is N#CC(C#N)=C1C(c2ccc(OC(F)(F)F)c(C#N)c2)=C(C#N)c2cc3c(cc21)C(C#N)=C(c1ccc(C(F)(F)F)c(C#N)c1)C3=C(C#N)C#N. The monoisotopic (exact) mass is 682 g/mol. The summed E-state index contributed by atoms with van der Waals surface area (Å²) >= 11 is 0. The number of halogens is 6. The molecule has 3 aromatic rings. The van der Waals surface area contributed by atoms with Gasteiger partial charge in [0.15, 0.2) is 0 Å². The Bertz CT molecular complexity index is 2590. The van der Waals surface area contributed by atoms with Crippen LogP contribution in [0.2, 0.25) is 0 Å². The summed E-state index contributed by atoms with van der Waals surface area (Å²) in [6, 6.07) is 21.3. The van der Waals surface area contributed by atoms with Crippen LogP contribution in [0.4, 0.5) is 26.3 Å². The smallest absolute Gasteiger partial charge is 0.404 e. The molecule has 0 bridgehead atoms. The maximum absolute atomic E-state index is 13.6. The Morgan fingerprint density at radius 3 is 1.31 bits per heavy atom. The van der Waals surface area contributed by atoms with Gasteiger partial charge in [0.1, 0.15) is 59.4 Å². The zero-order valence-electron chi connectivity index (χ0n) is 24.9. The number of benzene rings is 3. The number of rotatable bonds is 3. The van der Waals surface area contributed by atoms with Crippen LogP contribution in [0.15, 0.2) is 59.7 Å². The second-order valence-corrected chi connectivity index (χ2v) is 10.4. The van der Waals surface area contributed by atoms with Crippen molar-refractivity contribution >= 4 is 33.4 Å². The molecular formula is C36H8F6N8O. The zero-order chi connectivity index (χ0) is 37.4. The molecule has 2 aliphatic rings. The first-order valence-electron chi connectivity index (χ1n) is 13.7. The van der Waals surface area contributed by atoms with Crippen molar-refractivity contribution < 1.29 is 31.1 Å². The van der Waals surface area contributed by atoms with Gasteiger partial charge in [-0.2, -0.15) is 55.3 Å². The van der Waals surface area contributed by atoms with Gasteiger partial charge in [-0.25, -0.2) is 0 Å². The molecule has 0 unspecified atom stereocenters. The van der Waals surface area contributed by atoms with Crippen LogP contribution in [0, 0.1) is 90.6 Å². The van der Waals surface area contributed by atoms with Crippen LogP contribution >= 0.6 is 0 Å². The maximum Gasteiger partial charge on any atom is 0.573 e. The number of hydrogen-bond donors (Lipinski definition) is 0. The number of nitrogens with zero attached hydrogens (tertiary/aromatic N) is 8. The van der Waals surface area contributed by atoms with Gasteiger partial charge in [-0.15, -0.1) is 13.2 Å². The molecule has 2 aliphatic carbocycles. The molecule has 0 amide bonds. The van der Waals surface area contributed by atoms with E-state index in [9.17, 15) is 68.4 Å². The quantitative estimate of drug-likeness (QED) is 0.195. The Kier molecular flexibility index (Phi) is 8.40. The molecule has 0 saturated carbocycles. The maximum atomic E-state index is 13.6. The van der Waals surface area contributed by atoms with Gasteiger partial charge >= 0.3 is 12.5 Å². The largest absolute Gasteiger partial charge is 0.573 e. The summed E-state index contributed by atoms with van der Waals surface area (Å²) in [5, 5.41) is 79.5. The Balaban J connectivity index is 1.87. The zero-order valence-corrected chi connectivity index (χ0v) is 24.9. The highest BCUT2D eigenvalue weighted by Gasteiger charge is 2.39. The topological polar surface area (TPSA) is 200 Å². The second kappa shape index (κ2) is 12.5. The highest BCUT2D eigenvalue weighted by atomic mass is 19.4. The molecule has 0 fully saturated rings. The van der Waals surface area contributed by atoms with Crippen LogP contribution in [0.5, 0.6) is 5.75 Å². The molecule has 0 heterocycles. The number of allylic oxidation sites excluding steroid dienone is 8. The van der Waals surface area contributed by atoms with E-state index in [-0.39, 0.29) is 66.8 Å². The first kappa shape index (κ1) is 34.3. The number of ether oxygens (including phenoxy) is 1. The molecule has 9 nitrogen and oxygen atoms in total. The first-order chi connectivity index (χ1) is 24.2. The van der Waals surface area contributed by atoms with E-state index < -0.39 is 46.1 Å². The molecule has 3 aromatic carbocycles. The third kappa shape index (κ3) is 5.63. The van der Waals surface area contributed by atoms with Crippen molar-refractivity contribution in [3.05, 3.63) is 110 Å². The van der Waals surface area contributed by atoms with Crippen LogP contribution in [-0.4, -0.2) is 6.36 Å². The minimum absolute atomic E-state index is 0.0125. The Morgan fingerprint density at radius 1 is 0.510 bits per heavy atom. The van der Waals surface area contributed by atoms with Crippen molar-refractivity contribution in [2.75, 3.05) is 0 Å². The van der Waals surface area contributed by atoms with Crippen LogP contribution in [0.1, 0.15) is 50.1 Å². The van der Waals surface area contributed by atoms with Gasteiger partial charge in [0.2, 0.25) is 0 Å². The molecule has 0 radical (unpaired) electrons. The van der Waals surface area contributed by atoms with E-state index in [1.54, 1.807) is 30.3 Å². The van der Waals surface area contributed by atoms with E-state index in [0.29, 0.717) is 6.07 Å². The average Bonchev–Trinajstić information content (AvgIpc) is 3.59. The standard InChI is InChI=1S/C36H8F6N8O/c37-35(38,39)29-3-1-17(5-19(29)9-43)31-27(15-49)23-7-26-24(8-25(23)33(31)21(11-45)12-46)28(16-50)32(34(26)22(13-47)14-48)18-2-4-30(20(6-18)10-44)51-36(40,41)42/h1-8H. The van der Waals surface area contributed by atoms with Gasteiger partial charge in [-0.3, -0.25) is 0 Å². The summed E-state index contributed by atoms with van der Waals surface area (Å²) in [5.74, 6) is -0.872. The third-order valence-corrected chi connectivity index (χ3v) is 7.75. The van der Waals surface area contributed by atoms with Crippen molar-refractivity contribution in [1.29, 1.82) is 42.1 Å². The molecule has 15 heteroatoms. The summed E-state index contributed by atoms with van der Waals surface area (Å²) in [6.07, 6.45) is -10.1. The van der Waals surface area contributed by atoms with E-state index in [1.807, 2.05) is 12.1 Å². The number of nitriles is 8. The highest BCUT2D eigenvalue weighted by Crippen LogP contribution is 2.54. The van der Waals surface area contributed by atoms with Gasteiger partial charge < -0.3 is 4.74 Å². The molecule has 51 heavy (non-hydrogen) atoms. The molecule has 0 atom stereocenters. The molecule has 0 aromatic heterocycles. The lowest BCUT2D eigenvalue weighted by Crippen LogP contribution is -2.17. The van der Waals surface area contributed by atoms with Crippen molar-refractivity contribution in [2.45, 2.75) is 12.5 Å². The van der Waals surface area contributed by atoms with Crippen molar-refractivity contribution in [2.24, 2.45) is 0 Å². The van der Waals surface area contributed by atoms with E-state index in [0.717, 1.165) is 30.3 Å². The van der Waals surface area contributed by atoms with Crippen LogP contribution in [0.25, 0.3) is 33.4 Å². The Morgan fingerprint density at radius 2 is 0.941 bits per heavy atom. The van der Waals surface area contributed by atoms with Crippen LogP contribution in [-0.2, 0) is 6.18 Å². The number of hydrogen-bond acceptors (Lipinski definition) is 9. The highest BCUT2D eigenvalue weighted by molar-refractivity contribution is 6.29. The van der Waals surface area contributed by atoms with Gasteiger partial charge in [0.25, 0.3) is 0 Å². The fourth-order valence-corrected chi connectivity index (χ4v) is 5.84. The number of fused-ring (bicyclic) bond motifs is 2. The van der Waals surface area contributed by atoms with Gasteiger partial charge in [0.05, 0.1) is 33.9 Å².